The van der Waals surface area contributed by atoms with Crippen molar-refractivity contribution >= 4 is 5.65 Å². The van der Waals surface area contributed by atoms with Crippen LogP contribution in [0.4, 0.5) is 0 Å². The second kappa shape index (κ2) is 2.26. The first-order valence-electron chi connectivity index (χ1n) is 3.23. The SMILES string of the molecule is O=Nn1nc2ccccn2c1=O. The summed E-state index contributed by atoms with van der Waals surface area (Å²) in [6, 6.07) is 5.01. The Bertz CT molecular complexity index is 483. The maximum atomic E-state index is 11.1. The Morgan fingerprint density at radius 1 is 1.42 bits per heavy atom. The van der Waals surface area contributed by atoms with Crippen LogP contribution in [0.3, 0.4) is 0 Å². The van der Waals surface area contributed by atoms with Crippen molar-refractivity contribution in [3.63, 3.8) is 0 Å². The van der Waals surface area contributed by atoms with E-state index in [-0.39, 0.29) is 0 Å². The van der Waals surface area contributed by atoms with Crippen molar-refractivity contribution in [3.8, 4) is 0 Å². The molecule has 0 saturated heterocycles. The van der Waals surface area contributed by atoms with Gasteiger partial charge in [0.25, 0.3) is 0 Å². The number of aromatic nitrogens is 3. The summed E-state index contributed by atoms with van der Waals surface area (Å²) in [5.74, 6) is 0. The third-order valence-electron chi connectivity index (χ3n) is 1.49. The first-order chi connectivity index (χ1) is 5.83. The summed E-state index contributed by atoms with van der Waals surface area (Å²) in [6.45, 7) is 0. The molecule has 0 saturated carbocycles. The van der Waals surface area contributed by atoms with Gasteiger partial charge in [0.05, 0.1) is 5.29 Å². The molecule has 12 heavy (non-hydrogen) atoms. The molecule has 0 aliphatic rings. The zero-order valence-corrected chi connectivity index (χ0v) is 5.91. The molecule has 0 fully saturated rings. The van der Waals surface area contributed by atoms with Crippen LogP contribution in [0, 0.1) is 4.91 Å². The number of nitroso groups, excluding NO2 is 1. The standard InChI is InChI=1S/C6H4N4O2/c11-6-9-4-2-1-3-5(9)7-10(6)8-12/h1-4H. The fourth-order valence-electron chi connectivity index (χ4n) is 0.967. The molecule has 0 unspecified atom stereocenters. The van der Waals surface area contributed by atoms with Crippen LogP contribution in [0.1, 0.15) is 0 Å². The highest BCUT2D eigenvalue weighted by Crippen LogP contribution is 1.93. The van der Waals surface area contributed by atoms with E-state index < -0.39 is 5.69 Å². The van der Waals surface area contributed by atoms with Crippen molar-refractivity contribution < 1.29 is 0 Å². The van der Waals surface area contributed by atoms with Crippen LogP contribution in [0.5, 0.6) is 0 Å². The smallest absolute Gasteiger partial charge is 0.249 e. The van der Waals surface area contributed by atoms with Gasteiger partial charge in [-0.05, 0) is 12.1 Å². The number of hydrogen-bond donors (Lipinski definition) is 0. The van der Waals surface area contributed by atoms with Crippen LogP contribution in [-0.2, 0) is 0 Å². The highest BCUT2D eigenvalue weighted by Gasteiger charge is 2.03. The quantitative estimate of drug-likeness (QED) is 0.558. The fraction of sp³-hybridized carbons (Fsp3) is 0. The molecule has 2 aromatic heterocycles. The molecule has 0 amide bonds. The van der Waals surface area contributed by atoms with Crippen LogP contribution >= 0.6 is 0 Å². The molecule has 60 valence electrons. The van der Waals surface area contributed by atoms with Gasteiger partial charge in [-0.25, -0.2) is 9.20 Å². The Kier molecular flexibility index (Phi) is 1.26. The molecule has 0 aliphatic carbocycles. The molecular weight excluding hydrogens is 160 g/mol. The lowest BCUT2D eigenvalue weighted by atomic mass is 10.5. The van der Waals surface area contributed by atoms with Crippen molar-refractivity contribution in [1.82, 2.24) is 14.3 Å². The third-order valence-corrected chi connectivity index (χ3v) is 1.49. The molecular formula is C6H4N4O2. The summed E-state index contributed by atoms with van der Waals surface area (Å²) < 4.78 is 1.24. The van der Waals surface area contributed by atoms with E-state index in [2.05, 4.69) is 10.4 Å². The maximum absolute atomic E-state index is 11.1. The van der Waals surface area contributed by atoms with Gasteiger partial charge in [-0.1, -0.05) is 10.9 Å². The zero-order chi connectivity index (χ0) is 8.55. The number of nitrogens with zero attached hydrogens (tertiary/aromatic N) is 4. The van der Waals surface area contributed by atoms with Gasteiger partial charge < -0.3 is 0 Å². The lowest BCUT2D eigenvalue weighted by molar-refractivity contribution is 0.700. The molecule has 0 bridgehead atoms. The van der Waals surface area contributed by atoms with Gasteiger partial charge in [-0.2, -0.15) is 0 Å². The van der Waals surface area contributed by atoms with E-state index in [1.165, 1.54) is 10.6 Å². The van der Waals surface area contributed by atoms with Crippen molar-refractivity contribution in [2.75, 3.05) is 0 Å². The first kappa shape index (κ1) is 6.71. The molecule has 0 atom stereocenters. The summed E-state index contributed by atoms with van der Waals surface area (Å²) in [5, 5.41) is 6.05. The van der Waals surface area contributed by atoms with E-state index in [4.69, 9.17) is 0 Å². The van der Waals surface area contributed by atoms with Gasteiger partial charge in [-0.3, -0.25) is 0 Å². The van der Waals surface area contributed by atoms with Gasteiger partial charge in [0.15, 0.2) is 5.65 Å². The van der Waals surface area contributed by atoms with Gasteiger partial charge >= 0.3 is 5.69 Å². The van der Waals surface area contributed by atoms with Gasteiger partial charge in [0, 0.05) is 6.20 Å². The minimum Gasteiger partial charge on any atom is -0.249 e. The lowest BCUT2D eigenvalue weighted by Gasteiger charge is -1.83. The number of hydrogen-bond acceptors (Lipinski definition) is 4. The van der Waals surface area contributed by atoms with E-state index in [0.717, 1.165) is 0 Å². The average molecular weight is 164 g/mol. The summed E-state index contributed by atoms with van der Waals surface area (Å²) in [7, 11) is 0. The van der Waals surface area contributed by atoms with Crippen molar-refractivity contribution in [1.29, 1.82) is 0 Å². The fourth-order valence-corrected chi connectivity index (χ4v) is 0.967. The van der Waals surface area contributed by atoms with Crippen LogP contribution in [0.25, 0.3) is 5.65 Å². The third kappa shape index (κ3) is 0.746. The highest BCUT2D eigenvalue weighted by molar-refractivity contribution is 5.35. The van der Waals surface area contributed by atoms with Crippen LogP contribution < -0.4 is 5.69 Å². The lowest BCUT2D eigenvalue weighted by Crippen LogP contribution is -2.16. The van der Waals surface area contributed by atoms with Gasteiger partial charge in [0.2, 0.25) is 0 Å². The molecule has 0 N–H and O–H groups in total. The maximum Gasteiger partial charge on any atom is 0.374 e. The zero-order valence-electron chi connectivity index (χ0n) is 5.91. The molecule has 2 aromatic rings. The molecule has 0 aliphatic heterocycles. The summed E-state index contributed by atoms with van der Waals surface area (Å²) >= 11 is 0. The van der Waals surface area contributed by atoms with E-state index in [1.807, 2.05) is 0 Å². The van der Waals surface area contributed by atoms with Crippen molar-refractivity contribution in [2.24, 2.45) is 5.29 Å². The van der Waals surface area contributed by atoms with Crippen molar-refractivity contribution in [2.45, 2.75) is 0 Å². The second-order valence-electron chi connectivity index (χ2n) is 2.18. The molecule has 0 aromatic carbocycles. The summed E-state index contributed by atoms with van der Waals surface area (Å²) in [4.78, 5) is 21.7. The van der Waals surface area contributed by atoms with Crippen LogP contribution in [0.2, 0.25) is 0 Å². The number of rotatable bonds is 1. The normalized spacial score (nSPS) is 10.3. The monoisotopic (exact) mass is 164 g/mol. The largest absolute Gasteiger partial charge is 0.374 e. The second-order valence-corrected chi connectivity index (χ2v) is 2.18. The number of fused-ring (bicyclic) bond motifs is 1. The Labute approximate surface area is 66.0 Å². The predicted octanol–water partition coefficient (Wildman–Crippen LogP) is 0.0255. The topological polar surface area (TPSA) is 68.7 Å². The summed E-state index contributed by atoms with van der Waals surface area (Å²) in [5.41, 5.74) is -0.150. The predicted molar refractivity (Wildman–Crippen MR) is 40.6 cm³/mol. The molecule has 0 spiro atoms. The molecule has 6 nitrogen and oxygen atoms in total. The van der Waals surface area contributed by atoms with E-state index in [9.17, 15) is 9.70 Å². The van der Waals surface area contributed by atoms with E-state index in [0.29, 0.717) is 10.4 Å². The van der Waals surface area contributed by atoms with Gasteiger partial charge in [0.1, 0.15) is 0 Å². The average Bonchev–Trinajstić information content (AvgIpc) is 2.44. The first-order valence-corrected chi connectivity index (χ1v) is 3.23. The molecule has 0 radical (unpaired) electrons. The van der Waals surface area contributed by atoms with Gasteiger partial charge in [-0.15, -0.1) is 10.0 Å². The van der Waals surface area contributed by atoms with E-state index in [1.54, 1.807) is 18.2 Å². The number of pyridine rings is 1. The van der Waals surface area contributed by atoms with E-state index >= 15 is 0 Å². The minimum absolute atomic E-state index is 0.405. The molecule has 6 heteroatoms. The highest BCUT2D eigenvalue weighted by atomic mass is 16.3. The van der Waals surface area contributed by atoms with Crippen molar-refractivity contribution in [3.05, 3.63) is 39.8 Å². The Hall–Kier alpha value is -1.98. The molecule has 2 rings (SSSR count). The van der Waals surface area contributed by atoms with Crippen LogP contribution in [0.15, 0.2) is 34.5 Å². The minimum atomic E-state index is -0.555. The molecule has 2 heterocycles. The Morgan fingerprint density at radius 3 is 2.92 bits per heavy atom. The Balaban J connectivity index is 2.97. The summed E-state index contributed by atoms with van der Waals surface area (Å²) in [6.07, 6.45) is 1.52. The Morgan fingerprint density at radius 2 is 2.25 bits per heavy atom. The van der Waals surface area contributed by atoms with Crippen LogP contribution in [-0.4, -0.2) is 14.3 Å².